The number of amides is 1. The summed E-state index contributed by atoms with van der Waals surface area (Å²) in [6.07, 6.45) is 2.41. The molecule has 0 bridgehead atoms. The van der Waals surface area contributed by atoms with Crippen molar-refractivity contribution in [3.63, 3.8) is 0 Å². The van der Waals surface area contributed by atoms with E-state index in [0.29, 0.717) is 49.8 Å². The van der Waals surface area contributed by atoms with Crippen LogP contribution in [0, 0.1) is 0 Å². The molecule has 1 N–H and O–H groups in total. The summed E-state index contributed by atoms with van der Waals surface area (Å²) in [6.45, 7) is 5.15. The number of anilines is 1. The summed E-state index contributed by atoms with van der Waals surface area (Å²) in [5.41, 5.74) is 2.80. The number of hydrogen-bond donors (Lipinski definition) is 1. The highest BCUT2D eigenvalue weighted by molar-refractivity contribution is 6.07. The van der Waals surface area contributed by atoms with Crippen molar-refractivity contribution in [2.24, 2.45) is 0 Å². The fraction of sp³-hybridized carbons (Fsp3) is 0.368. The van der Waals surface area contributed by atoms with Gasteiger partial charge in [-0.3, -0.25) is 4.79 Å². The Labute approximate surface area is 156 Å². The Hall–Kier alpha value is -3.00. The fourth-order valence-electron chi connectivity index (χ4n) is 3.10. The number of aromatic nitrogens is 3. The van der Waals surface area contributed by atoms with Gasteiger partial charge in [-0.05, 0) is 17.5 Å². The Balaban J connectivity index is 1.56. The van der Waals surface area contributed by atoms with E-state index in [9.17, 15) is 4.79 Å². The molecule has 1 fully saturated rings. The lowest BCUT2D eigenvalue weighted by molar-refractivity contribution is 0.0943. The van der Waals surface area contributed by atoms with E-state index in [4.69, 9.17) is 9.26 Å². The second-order valence-corrected chi connectivity index (χ2v) is 6.36. The van der Waals surface area contributed by atoms with Crippen molar-refractivity contribution in [1.82, 2.24) is 20.4 Å². The van der Waals surface area contributed by atoms with Gasteiger partial charge in [0, 0.05) is 19.6 Å². The van der Waals surface area contributed by atoms with Crippen molar-refractivity contribution in [1.29, 1.82) is 0 Å². The topological polar surface area (TPSA) is 93.4 Å². The fourth-order valence-corrected chi connectivity index (χ4v) is 3.10. The van der Waals surface area contributed by atoms with Crippen LogP contribution in [0.1, 0.15) is 28.5 Å². The van der Waals surface area contributed by atoms with Gasteiger partial charge in [0.2, 0.25) is 0 Å². The maximum atomic E-state index is 12.7. The molecule has 0 aliphatic carbocycles. The SMILES string of the molecule is CCc1ccc(CNC(=O)c2noc3ncnc(N4CCOCC4)c23)cc1. The second kappa shape index (κ2) is 7.71. The number of benzene rings is 1. The van der Waals surface area contributed by atoms with Crippen LogP contribution in [0.4, 0.5) is 5.82 Å². The van der Waals surface area contributed by atoms with Gasteiger partial charge in [-0.15, -0.1) is 0 Å². The Morgan fingerprint density at radius 3 is 2.63 bits per heavy atom. The molecule has 1 aliphatic heterocycles. The summed E-state index contributed by atoms with van der Waals surface area (Å²) in [4.78, 5) is 23.2. The normalized spacial score (nSPS) is 14.5. The Morgan fingerprint density at radius 2 is 1.89 bits per heavy atom. The van der Waals surface area contributed by atoms with E-state index in [1.54, 1.807) is 0 Å². The molecule has 1 saturated heterocycles. The predicted octanol–water partition coefficient (Wildman–Crippen LogP) is 1.95. The third-order valence-corrected chi connectivity index (χ3v) is 4.66. The highest BCUT2D eigenvalue weighted by Crippen LogP contribution is 2.27. The molecule has 0 spiro atoms. The Morgan fingerprint density at radius 1 is 1.15 bits per heavy atom. The summed E-state index contributed by atoms with van der Waals surface area (Å²) >= 11 is 0. The van der Waals surface area contributed by atoms with Crippen molar-refractivity contribution < 1.29 is 14.1 Å². The molecule has 0 atom stereocenters. The molecule has 0 saturated carbocycles. The van der Waals surface area contributed by atoms with Gasteiger partial charge in [-0.2, -0.15) is 4.98 Å². The number of fused-ring (bicyclic) bond motifs is 1. The van der Waals surface area contributed by atoms with Crippen molar-refractivity contribution >= 4 is 22.8 Å². The van der Waals surface area contributed by atoms with Crippen LogP contribution in [0.15, 0.2) is 35.1 Å². The molecular weight excluding hydrogens is 346 g/mol. The average Bonchev–Trinajstić information content (AvgIpc) is 3.17. The van der Waals surface area contributed by atoms with Gasteiger partial charge in [0.15, 0.2) is 5.69 Å². The summed E-state index contributed by atoms with van der Waals surface area (Å²) in [7, 11) is 0. The number of hydrogen-bond acceptors (Lipinski definition) is 7. The van der Waals surface area contributed by atoms with E-state index in [2.05, 4.69) is 44.4 Å². The third kappa shape index (κ3) is 3.61. The molecule has 1 amide bonds. The molecule has 0 radical (unpaired) electrons. The number of morpholine rings is 1. The summed E-state index contributed by atoms with van der Waals surface area (Å²) < 4.78 is 10.7. The van der Waals surface area contributed by atoms with Gasteiger partial charge < -0.3 is 19.5 Å². The lowest BCUT2D eigenvalue weighted by Crippen LogP contribution is -2.37. The quantitative estimate of drug-likeness (QED) is 0.736. The van der Waals surface area contributed by atoms with Crippen molar-refractivity contribution in [2.75, 3.05) is 31.2 Å². The standard InChI is InChI=1S/C19H21N5O3/c1-2-13-3-5-14(6-4-13)11-20-18(25)16-15-17(24-7-9-26-10-8-24)21-12-22-19(15)27-23-16/h3-6,12H,2,7-11H2,1H3,(H,20,25). The molecule has 1 aromatic carbocycles. The first kappa shape index (κ1) is 17.4. The van der Waals surface area contributed by atoms with Crippen molar-refractivity contribution in [2.45, 2.75) is 19.9 Å². The number of carbonyl (C=O) groups is 1. The monoisotopic (exact) mass is 367 g/mol. The van der Waals surface area contributed by atoms with Gasteiger partial charge in [0.1, 0.15) is 17.5 Å². The van der Waals surface area contributed by atoms with Crippen LogP contribution in [0.3, 0.4) is 0 Å². The largest absolute Gasteiger partial charge is 0.378 e. The van der Waals surface area contributed by atoms with Crippen LogP contribution in [0.25, 0.3) is 11.1 Å². The number of carbonyl (C=O) groups excluding carboxylic acids is 1. The summed E-state index contributed by atoms with van der Waals surface area (Å²) in [5.74, 6) is 0.347. The maximum Gasteiger partial charge on any atom is 0.274 e. The van der Waals surface area contributed by atoms with Gasteiger partial charge in [-0.25, -0.2) is 4.98 Å². The van der Waals surface area contributed by atoms with Gasteiger partial charge in [0.05, 0.1) is 13.2 Å². The van der Waals surface area contributed by atoms with E-state index in [-0.39, 0.29) is 11.6 Å². The van der Waals surface area contributed by atoms with Crippen LogP contribution in [0.5, 0.6) is 0 Å². The van der Waals surface area contributed by atoms with Crippen LogP contribution >= 0.6 is 0 Å². The molecule has 4 rings (SSSR count). The Kier molecular flexibility index (Phi) is 4.97. The molecule has 8 heteroatoms. The number of rotatable bonds is 5. The number of nitrogens with zero attached hydrogens (tertiary/aromatic N) is 4. The van der Waals surface area contributed by atoms with Crippen LogP contribution < -0.4 is 10.2 Å². The van der Waals surface area contributed by atoms with E-state index in [1.807, 2.05) is 12.1 Å². The van der Waals surface area contributed by atoms with Crippen LogP contribution in [0.2, 0.25) is 0 Å². The second-order valence-electron chi connectivity index (χ2n) is 6.36. The zero-order chi connectivity index (χ0) is 18.6. The smallest absolute Gasteiger partial charge is 0.274 e. The van der Waals surface area contributed by atoms with E-state index < -0.39 is 0 Å². The summed E-state index contributed by atoms with van der Waals surface area (Å²) in [5, 5.41) is 7.38. The van der Waals surface area contributed by atoms with Crippen LogP contribution in [-0.2, 0) is 17.7 Å². The summed E-state index contributed by atoms with van der Waals surface area (Å²) in [6, 6.07) is 8.17. The van der Waals surface area contributed by atoms with E-state index in [0.717, 1.165) is 12.0 Å². The molecular formula is C19H21N5O3. The number of aryl methyl sites for hydroxylation is 1. The molecule has 1 aliphatic rings. The molecule has 3 heterocycles. The lowest BCUT2D eigenvalue weighted by Gasteiger charge is -2.27. The van der Waals surface area contributed by atoms with Gasteiger partial charge in [-0.1, -0.05) is 36.3 Å². The van der Waals surface area contributed by atoms with E-state index in [1.165, 1.54) is 11.9 Å². The molecule has 2 aromatic heterocycles. The number of nitrogens with one attached hydrogen (secondary N) is 1. The average molecular weight is 367 g/mol. The maximum absolute atomic E-state index is 12.7. The molecule has 27 heavy (non-hydrogen) atoms. The first-order chi connectivity index (χ1) is 13.3. The zero-order valence-electron chi connectivity index (χ0n) is 15.1. The van der Waals surface area contributed by atoms with Gasteiger partial charge >= 0.3 is 0 Å². The highest BCUT2D eigenvalue weighted by Gasteiger charge is 2.24. The van der Waals surface area contributed by atoms with Gasteiger partial charge in [0.25, 0.3) is 11.6 Å². The lowest BCUT2D eigenvalue weighted by atomic mass is 10.1. The third-order valence-electron chi connectivity index (χ3n) is 4.66. The van der Waals surface area contributed by atoms with Crippen LogP contribution in [-0.4, -0.2) is 47.3 Å². The minimum absolute atomic E-state index is 0.206. The van der Waals surface area contributed by atoms with Crippen molar-refractivity contribution in [3.05, 3.63) is 47.4 Å². The molecule has 140 valence electrons. The van der Waals surface area contributed by atoms with E-state index >= 15 is 0 Å². The molecule has 3 aromatic rings. The molecule has 8 nitrogen and oxygen atoms in total. The predicted molar refractivity (Wildman–Crippen MR) is 99.6 cm³/mol. The minimum Gasteiger partial charge on any atom is -0.378 e. The Bertz CT molecular complexity index is 932. The first-order valence-corrected chi connectivity index (χ1v) is 9.05. The minimum atomic E-state index is -0.308. The number of ether oxygens (including phenoxy) is 1. The zero-order valence-corrected chi connectivity index (χ0v) is 15.1. The highest BCUT2D eigenvalue weighted by atomic mass is 16.5. The molecule has 0 unspecified atom stereocenters. The first-order valence-electron chi connectivity index (χ1n) is 9.05. The van der Waals surface area contributed by atoms with Crippen molar-refractivity contribution in [3.8, 4) is 0 Å².